The second kappa shape index (κ2) is 7.23. The highest BCUT2D eigenvalue weighted by atomic mass is 32.1. The number of halogens is 3. The molecule has 2 aromatic heterocycles. The van der Waals surface area contributed by atoms with Crippen LogP contribution >= 0.6 is 11.3 Å². The van der Waals surface area contributed by atoms with Crippen molar-refractivity contribution >= 4 is 39.4 Å². The summed E-state index contributed by atoms with van der Waals surface area (Å²) in [6.45, 7) is 3.97. The number of fused-ring (bicyclic) bond motifs is 1. The van der Waals surface area contributed by atoms with Crippen LogP contribution in [0, 0.1) is 11.3 Å². The lowest BCUT2D eigenvalue weighted by Gasteiger charge is -2.60. The summed E-state index contributed by atoms with van der Waals surface area (Å²) in [5.74, 6) is 0.194. The van der Waals surface area contributed by atoms with Gasteiger partial charge in [-0.25, -0.2) is 9.78 Å². The molecule has 1 atom stereocenters. The topological polar surface area (TPSA) is 74.8 Å². The molecule has 11 heteroatoms. The zero-order valence-electron chi connectivity index (χ0n) is 17.7. The Kier molecular flexibility index (Phi) is 4.81. The van der Waals surface area contributed by atoms with Crippen molar-refractivity contribution in [2.45, 2.75) is 32.0 Å². The average Bonchev–Trinajstić information content (AvgIpc) is 3.43. The molecule has 2 amide bonds. The van der Waals surface area contributed by atoms with Crippen LogP contribution < -0.4 is 10.2 Å². The maximum Gasteiger partial charge on any atom is 0.417 e. The molecule has 1 spiro atoms. The Hall–Kier alpha value is -2.56. The van der Waals surface area contributed by atoms with Gasteiger partial charge >= 0.3 is 12.3 Å². The average molecular weight is 469 g/mol. The molecule has 5 rings (SSSR count). The van der Waals surface area contributed by atoms with Crippen molar-refractivity contribution in [3.05, 3.63) is 22.6 Å². The zero-order valence-corrected chi connectivity index (χ0v) is 18.5. The van der Waals surface area contributed by atoms with E-state index in [4.69, 9.17) is 4.74 Å². The highest BCUT2D eigenvalue weighted by Gasteiger charge is 2.54. The first kappa shape index (κ1) is 21.3. The number of rotatable bonds is 4. The molecule has 1 N–H and O–H groups in total. The third-order valence-corrected chi connectivity index (χ3v) is 7.55. The number of ether oxygens (including phenoxy) is 1. The van der Waals surface area contributed by atoms with Gasteiger partial charge in [0.05, 0.1) is 21.3 Å². The molecule has 32 heavy (non-hydrogen) atoms. The molecule has 172 valence electrons. The fraction of sp³-hybridized carbons (Fsp3) is 0.571. The summed E-state index contributed by atoms with van der Waals surface area (Å²) in [6.07, 6.45) is -2.76. The fourth-order valence-electron chi connectivity index (χ4n) is 4.58. The van der Waals surface area contributed by atoms with Gasteiger partial charge in [-0.15, -0.1) is 11.3 Å². The van der Waals surface area contributed by atoms with Gasteiger partial charge in [0.15, 0.2) is 0 Å². The molecule has 4 heterocycles. The smallest absolute Gasteiger partial charge is 0.417 e. The summed E-state index contributed by atoms with van der Waals surface area (Å²) >= 11 is 0.867. The van der Waals surface area contributed by atoms with E-state index in [1.165, 1.54) is 12.4 Å². The van der Waals surface area contributed by atoms with Crippen LogP contribution in [-0.4, -0.2) is 61.2 Å². The third-order valence-electron chi connectivity index (χ3n) is 6.55. The second-order valence-corrected chi connectivity index (χ2v) is 9.95. The highest BCUT2D eigenvalue weighted by Crippen LogP contribution is 2.45. The van der Waals surface area contributed by atoms with E-state index in [-0.39, 0.29) is 39.2 Å². The Labute approximate surface area is 186 Å². The van der Waals surface area contributed by atoms with E-state index >= 15 is 0 Å². The Morgan fingerprint density at radius 2 is 1.97 bits per heavy atom. The minimum Gasteiger partial charge on any atom is -0.446 e. The molecule has 3 fully saturated rings. The van der Waals surface area contributed by atoms with Crippen LogP contribution in [0.3, 0.4) is 0 Å². The molecule has 7 nitrogen and oxygen atoms in total. The quantitative estimate of drug-likeness (QED) is 0.740. The van der Waals surface area contributed by atoms with Crippen molar-refractivity contribution in [3.63, 3.8) is 0 Å². The van der Waals surface area contributed by atoms with E-state index in [0.717, 1.165) is 30.2 Å². The SMILES string of the molecule is CNC(=O)c1csc2c(C(F)(F)F)cc(N3CC4(CN(C(=O)OC(C)C5CC5)C4)C3)nc12. The molecule has 0 radical (unpaired) electrons. The standard InChI is InChI=1S/C21H23F3N4O3S/c1-11(12-3-4-12)31-19(30)28-9-20(10-28)7-27(8-20)15-5-14(21(22,23)24)17-16(26-15)13(6-32-17)18(29)25-2/h5-6,11-12H,3-4,7-10H2,1-2H3,(H,25,29). The third kappa shape index (κ3) is 3.56. The van der Waals surface area contributed by atoms with Crippen LogP contribution in [0.15, 0.2) is 11.4 Å². The molecule has 3 aliphatic rings. The maximum absolute atomic E-state index is 13.7. The van der Waals surface area contributed by atoms with Crippen LogP contribution in [0.1, 0.15) is 35.7 Å². The normalized spacial score (nSPS) is 20.7. The fourth-order valence-corrected chi connectivity index (χ4v) is 5.60. The minimum absolute atomic E-state index is 0.0440. The molecular formula is C21H23F3N4O3S. The number of hydrogen-bond donors (Lipinski definition) is 1. The van der Waals surface area contributed by atoms with E-state index in [1.807, 2.05) is 6.92 Å². The summed E-state index contributed by atoms with van der Waals surface area (Å²) < 4.78 is 46.6. The van der Waals surface area contributed by atoms with Crippen LogP contribution in [0.4, 0.5) is 23.8 Å². The van der Waals surface area contributed by atoms with E-state index in [1.54, 1.807) is 9.80 Å². The Balaban J connectivity index is 1.31. The molecule has 2 aliphatic heterocycles. The maximum atomic E-state index is 13.7. The van der Waals surface area contributed by atoms with Crippen molar-refractivity contribution in [2.75, 3.05) is 38.1 Å². The number of amides is 2. The number of carbonyl (C=O) groups is 2. The van der Waals surface area contributed by atoms with Crippen LogP contribution in [0.5, 0.6) is 0 Å². The predicted molar refractivity (Wildman–Crippen MR) is 113 cm³/mol. The lowest BCUT2D eigenvalue weighted by molar-refractivity contribution is -0.136. The van der Waals surface area contributed by atoms with Crippen LogP contribution in [-0.2, 0) is 10.9 Å². The molecular weight excluding hydrogens is 445 g/mol. The van der Waals surface area contributed by atoms with E-state index in [2.05, 4.69) is 10.3 Å². The van der Waals surface area contributed by atoms with Gasteiger partial charge in [0.2, 0.25) is 0 Å². The van der Waals surface area contributed by atoms with Crippen LogP contribution in [0.25, 0.3) is 10.2 Å². The molecule has 1 aliphatic carbocycles. The van der Waals surface area contributed by atoms with Gasteiger partial charge in [-0.2, -0.15) is 13.2 Å². The number of pyridine rings is 1. The van der Waals surface area contributed by atoms with Crippen molar-refractivity contribution in [2.24, 2.45) is 11.3 Å². The first-order valence-corrected chi connectivity index (χ1v) is 11.4. The molecule has 0 bridgehead atoms. The van der Waals surface area contributed by atoms with E-state index < -0.39 is 17.6 Å². The van der Waals surface area contributed by atoms with Gasteiger partial charge in [0.25, 0.3) is 5.91 Å². The second-order valence-electron chi connectivity index (χ2n) is 9.07. The number of hydrogen-bond acceptors (Lipinski definition) is 6. The number of aromatic nitrogens is 1. The van der Waals surface area contributed by atoms with Gasteiger partial charge in [-0.3, -0.25) is 4.79 Å². The van der Waals surface area contributed by atoms with Gasteiger partial charge in [0.1, 0.15) is 11.9 Å². The van der Waals surface area contributed by atoms with E-state index in [0.29, 0.717) is 32.1 Å². The number of nitrogens with zero attached hydrogens (tertiary/aromatic N) is 3. The van der Waals surface area contributed by atoms with Crippen molar-refractivity contribution in [1.29, 1.82) is 0 Å². The lowest BCUT2D eigenvalue weighted by atomic mass is 9.73. The van der Waals surface area contributed by atoms with Gasteiger partial charge in [0, 0.05) is 44.0 Å². The Morgan fingerprint density at radius 1 is 1.28 bits per heavy atom. The van der Waals surface area contributed by atoms with Gasteiger partial charge in [-0.05, 0) is 31.7 Å². The molecule has 1 unspecified atom stereocenters. The number of anilines is 1. The zero-order chi connectivity index (χ0) is 22.8. The van der Waals surface area contributed by atoms with Gasteiger partial charge < -0.3 is 19.9 Å². The first-order valence-electron chi connectivity index (χ1n) is 10.5. The summed E-state index contributed by atoms with van der Waals surface area (Å²) in [5.41, 5.74) is -0.730. The van der Waals surface area contributed by atoms with Crippen molar-refractivity contribution in [3.8, 4) is 0 Å². The Bertz CT molecular complexity index is 1080. The number of likely N-dealkylation sites (tertiary alicyclic amines) is 1. The van der Waals surface area contributed by atoms with Gasteiger partial charge in [-0.1, -0.05) is 0 Å². The number of nitrogens with one attached hydrogen (secondary N) is 1. The summed E-state index contributed by atoms with van der Waals surface area (Å²) in [6, 6.07) is 1.06. The molecule has 2 saturated heterocycles. The summed E-state index contributed by atoms with van der Waals surface area (Å²) in [4.78, 5) is 32.2. The Morgan fingerprint density at radius 3 is 2.56 bits per heavy atom. The number of carbonyl (C=O) groups excluding carboxylic acids is 2. The summed E-state index contributed by atoms with van der Waals surface area (Å²) in [7, 11) is 1.43. The van der Waals surface area contributed by atoms with E-state index in [9.17, 15) is 22.8 Å². The molecule has 2 aromatic rings. The number of alkyl halides is 3. The highest BCUT2D eigenvalue weighted by molar-refractivity contribution is 7.17. The first-order chi connectivity index (χ1) is 15.1. The lowest BCUT2D eigenvalue weighted by Crippen LogP contribution is -2.73. The number of thiophene rings is 1. The molecule has 1 saturated carbocycles. The predicted octanol–water partition coefficient (Wildman–Crippen LogP) is 3.73. The largest absolute Gasteiger partial charge is 0.446 e. The van der Waals surface area contributed by atoms with Crippen molar-refractivity contribution in [1.82, 2.24) is 15.2 Å². The van der Waals surface area contributed by atoms with Crippen LogP contribution in [0.2, 0.25) is 0 Å². The monoisotopic (exact) mass is 468 g/mol. The summed E-state index contributed by atoms with van der Waals surface area (Å²) in [5, 5.41) is 3.86. The minimum atomic E-state index is -4.56. The molecule has 0 aromatic carbocycles. The van der Waals surface area contributed by atoms with Crippen molar-refractivity contribution < 1.29 is 27.5 Å².